The van der Waals surface area contributed by atoms with E-state index in [4.69, 9.17) is 10.8 Å². The standard InChI is InChI=1S/C13H20N4S/c14-17-12-8-10(9-4-1-2-5-9)15-13(16-12)11-6-3-7-18-11/h8-9,11H,1-7,14H2,(H,15,16,17). The van der Waals surface area contributed by atoms with Crippen LogP contribution in [-0.2, 0) is 0 Å². The summed E-state index contributed by atoms with van der Waals surface area (Å²) in [5, 5.41) is 0.471. The van der Waals surface area contributed by atoms with Crippen molar-refractivity contribution in [3.05, 3.63) is 17.6 Å². The monoisotopic (exact) mass is 264 g/mol. The van der Waals surface area contributed by atoms with Gasteiger partial charge in [-0.2, -0.15) is 11.8 Å². The molecular weight excluding hydrogens is 244 g/mol. The van der Waals surface area contributed by atoms with E-state index in [0.717, 1.165) is 11.6 Å². The molecule has 0 amide bonds. The van der Waals surface area contributed by atoms with E-state index in [-0.39, 0.29) is 0 Å². The first-order valence-electron chi connectivity index (χ1n) is 6.84. The Labute approximate surface area is 112 Å². The van der Waals surface area contributed by atoms with Crippen molar-refractivity contribution in [3.8, 4) is 0 Å². The number of thioether (sulfide) groups is 1. The van der Waals surface area contributed by atoms with E-state index in [2.05, 4.69) is 10.4 Å². The highest BCUT2D eigenvalue weighted by atomic mass is 32.2. The highest BCUT2D eigenvalue weighted by molar-refractivity contribution is 7.99. The quantitative estimate of drug-likeness (QED) is 0.649. The van der Waals surface area contributed by atoms with Crippen LogP contribution in [0.3, 0.4) is 0 Å². The van der Waals surface area contributed by atoms with Gasteiger partial charge in [0, 0.05) is 17.7 Å². The summed E-state index contributed by atoms with van der Waals surface area (Å²) < 4.78 is 0. The molecule has 98 valence electrons. The van der Waals surface area contributed by atoms with Gasteiger partial charge in [-0.05, 0) is 31.4 Å². The van der Waals surface area contributed by atoms with Crippen LogP contribution in [0.4, 0.5) is 5.82 Å². The number of nitrogens with one attached hydrogen (secondary N) is 1. The summed E-state index contributed by atoms with van der Waals surface area (Å²) in [5.41, 5.74) is 3.89. The lowest BCUT2D eigenvalue weighted by atomic mass is 10.0. The number of hydrogen-bond donors (Lipinski definition) is 2. The number of nitrogen functional groups attached to an aromatic ring is 1. The first-order valence-corrected chi connectivity index (χ1v) is 7.89. The molecular formula is C13H20N4S. The third kappa shape index (κ3) is 2.47. The van der Waals surface area contributed by atoms with Gasteiger partial charge in [-0.3, -0.25) is 0 Å². The molecule has 2 aliphatic rings. The Morgan fingerprint density at radius 1 is 1.17 bits per heavy atom. The highest BCUT2D eigenvalue weighted by Crippen LogP contribution is 2.40. The lowest BCUT2D eigenvalue weighted by molar-refractivity contribution is 0.676. The molecule has 1 saturated heterocycles. The predicted octanol–water partition coefficient (Wildman–Crippen LogP) is 2.99. The fourth-order valence-electron chi connectivity index (χ4n) is 2.92. The van der Waals surface area contributed by atoms with E-state index in [1.807, 2.05) is 17.8 Å². The third-order valence-electron chi connectivity index (χ3n) is 3.90. The minimum atomic E-state index is 0.471. The van der Waals surface area contributed by atoms with Crippen LogP contribution in [0.15, 0.2) is 6.07 Å². The van der Waals surface area contributed by atoms with Crippen molar-refractivity contribution in [1.82, 2.24) is 9.97 Å². The molecule has 1 aliphatic carbocycles. The number of nitrogens with zero attached hydrogens (tertiary/aromatic N) is 2. The second-order valence-electron chi connectivity index (χ2n) is 5.16. The molecule has 1 aromatic rings. The van der Waals surface area contributed by atoms with Gasteiger partial charge < -0.3 is 5.43 Å². The number of hydrogen-bond acceptors (Lipinski definition) is 5. The van der Waals surface area contributed by atoms with Gasteiger partial charge in [0.05, 0.1) is 5.25 Å². The summed E-state index contributed by atoms with van der Waals surface area (Å²) in [4.78, 5) is 9.36. The van der Waals surface area contributed by atoms with Gasteiger partial charge >= 0.3 is 0 Å². The van der Waals surface area contributed by atoms with E-state index in [9.17, 15) is 0 Å². The molecule has 1 aromatic heterocycles. The molecule has 2 heterocycles. The summed E-state index contributed by atoms with van der Waals surface area (Å²) >= 11 is 1.97. The van der Waals surface area contributed by atoms with Gasteiger partial charge in [-0.25, -0.2) is 15.8 Å². The molecule has 1 aliphatic heterocycles. The number of rotatable bonds is 3. The van der Waals surface area contributed by atoms with Crippen molar-refractivity contribution in [2.45, 2.75) is 49.7 Å². The Hall–Kier alpha value is -0.810. The maximum atomic E-state index is 5.54. The average molecular weight is 264 g/mol. The Morgan fingerprint density at radius 3 is 2.67 bits per heavy atom. The summed E-state index contributed by atoms with van der Waals surface area (Å²) in [7, 11) is 0. The maximum absolute atomic E-state index is 5.54. The largest absolute Gasteiger partial charge is 0.308 e. The summed E-state index contributed by atoms with van der Waals surface area (Å²) in [5.74, 6) is 9.14. The highest BCUT2D eigenvalue weighted by Gasteiger charge is 2.24. The molecule has 0 bridgehead atoms. The zero-order chi connectivity index (χ0) is 12.4. The minimum absolute atomic E-state index is 0.471. The van der Waals surface area contributed by atoms with Crippen molar-refractivity contribution in [1.29, 1.82) is 0 Å². The minimum Gasteiger partial charge on any atom is -0.308 e. The summed E-state index contributed by atoms with van der Waals surface area (Å²) in [6, 6.07) is 2.03. The van der Waals surface area contributed by atoms with Crippen LogP contribution in [0.1, 0.15) is 61.2 Å². The van der Waals surface area contributed by atoms with E-state index < -0.39 is 0 Å². The van der Waals surface area contributed by atoms with Gasteiger partial charge in [0.15, 0.2) is 0 Å². The van der Waals surface area contributed by atoms with Crippen molar-refractivity contribution >= 4 is 17.6 Å². The summed E-state index contributed by atoms with van der Waals surface area (Å²) in [6.45, 7) is 0. The van der Waals surface area contributed by atoms with Gasteiger partial charge in [0.25, 0.3) is 0 Å². The average Bonchev–Trinajstić information content (AvgIpc) is 3.10. The number of hydrazine groups is 1. The van der Waals surface area contributed by atoms with Crippen LogP contribution in [-0.4, -0.2) is 15.7 Å². The van der Waals surface area contributed by atoms with Crippen LogP contribution >= 0.6 is 11.8 Å². The SMILES string of the molecule is NNc1cc(C2CCCC2)nc(C2CCCS2)n1. The normalized spacial score (nSPS) is 24.6. The molecule has 1 unspecified atom stereocenters. The number of nitrogens with two attached hydrogens (primary N) is 1. The van der Waals surface area contributed by atoms with E-state index in [0.29, 0.717) is 11.2 Å². The molecule has 4 nitrogen and oxygen atoms in total. The van der Waals surface area contributed by atoms with E-state index in [1.54, 1.807) is 0 Å². The topological polar surface area (TPSA) is 63.8 Å². The predicted molar refractivity (Wildman–Crippen MR) is 75.5 cm³/mol. The second-order valence-corrected chi connectivity index (χ2v) is 6.47. The molecule has 18 heavy (non-hydrogen) atoms. The fraction of sp³-hybridized carbons (Fsp3) is 0.692. The first-order chi connectivity index (χ1) is 8.86. The van der Waals surface area contributed by atoms with Crippen LogP contribution in [0.2, 0.25) is 0 Å². The van der Waals surface area contributed by atoms with Crippen LogP contribution in [0, 0.1) is 0 Å². The van der Waals surface area contributed by atoms with Gasteiger partial charge in [-0.15, -0.1) is 0 Å². The lowest BCUT2D eigenvalue weighted by Crippen LogP contribution is -2.13. The van der Waals surface area contributed by atoms with E-state index in [1.165, 1.54) is 50.0 Å². The van der Waals surface area contributed by atoms with Crippen molar-refractivity contribution in [2.75, 3.05) is 11.2 Å². The smallest absolute Gasteiger partial charge is 0.144 e. The van der Waals surface area contributed by atoms with Gasteiger partial charge in [0.2, 0.25) is 0 Å². The Morgan fingerprint density at radius 2 is 2.00 bits per heavy atom. The third-order valence-corrected chi connectivity index (χ3v) is 5.28. The van der Waals surface area contributed by atoms with Gasteiger partial charge in [0.1, 0.15) is 11.6 Å². The van der Waals surface area contributed by atoms with Crippen molar-refractivity contribution in [3.63, 3.8) is 0 Å². The molecule has 2 fully saturated rings. The van der Waals surface area contributed by atoms with Crippen molar-refractivity contribution < 1.29 is 0 Å². The molecule has 0 radical (unpaired) electrons. The zero-order valence-corrected chi connectivity index (χ0v) is 11.4. The molecule has 1 atom stereocenters. The Balaban J connectivity index is 1.90. The number of anilines is 1. The number of aromatic nitrogens is 2. The first kappa shape index (κ1) is 12.2. The van der Waals surface area contributed by atoms with Crippen LogP contribution in [0.25, 0.3) is 0 Å². The molecule has 1 saturated carbocycles. The molecule has 0 aromatic carbocycles. The Kier molecular flexibility index (Phi) is 3.70. The van der Waals surface area contributed by atoms with Crippen LogP contribution in [0.5, 0.6) is 0 Å². The van der Waals surface area contributed by atoms with Crippen LogP contribution < -0.4 is 11.3 Å². The molecule has 3 N–H and O–H groups in total. The second kappa shape index (κ2) is 5.45. The lowest BCUT2D eigenvalue weighted by Gasteiger charge is -2.14. The maximum Gasteiger partial charge on any atom is 0.144 e. The fourth-order valence-corrected chi connectivity index (χ4v) is 4.12. The van der Waals surface area contributed by atoms with Crippen molar-refractivity contribution in [2.24, 2.45) is 5.84 Å². The molecule has 5 heteroatoms. The van der Waals surface area contributed by atoms with Gasteiger partial charge in [-0.1, -0.05) is 12.8 Å². The van der Waals surface area contributed by atoms with E-state index >= 15 is 0 Å². The Bertz CT molecular complexity index is 377. The molecule has 0 spiro atoms. The summed E-state index contributed by atoms with van der Waals surface area (Å²) in [6.07, 6.45) is 7.65. The zero-order valence-electron chi connectivity index (χ0n) is 10.6. The molecule has 3 rings (SSSR count).